The maximum Gasteiger partial charge on any atom is 0.319 e. The highest BCUT2D eigenvalue weighted by Crippen LogP contribution is 2.25. The zero-order valence-electron chi connectivity index (χ0n) is 13.2. The predicted octanol–water partition coefficient (Wildman–Crippen LogP) is 2.98. The molecule has 1 aromatic carbocycles. The Balaban J connectivity index is 2.03. The van der Waals surface area contributed by atoms with Crippen molar-refractivity contribution in [3.05, 3.63) is 28.8 Å². The van der Waals surface area contributed by atoms with Gasteiger partial charge in [0.2, 0.25) is 5.91 Å². The molecule has 0 saturated carbocycles. The summed E-state index contributed by atoms with van der Waals surface area (Å²) in [6, 6.07) is 5.40. The minimum atomic E-state index is -0.184. The molecule has 0 bridgehead atoms. The molecule has 0 unspecified atom stereocenters. The number of likely N-dealkylation sites (tertiary alicyclic amines) is 1. The molecular formula is C16H22ClN3O2. The van der Waals surface area contributed by atoms with E-state index < -0.39 is 0 Å². The molecule has 0 radical (unpaired) electrons. The van der Waals surface area contributed by atoms with Gasteiger partial charge >= 0.3 is 6.03 Å². The van der Waals surface area contributed by atoms with Crippen LogP contribution < -0.4 is 5.32 Å². The SMILES string of the molecule is Cc1c(Cl)cccc1NC(=O)[C@H]1CCCN(C(=O)N(C)C)C1. The third-order valence-electron chi connectivity index (χ3n) is 3.97. The van der Waals surface area contributed by atoms with Crippen LogP contribution in [0.15, 0.2) is 18.2 Å². The summed E-state index contributed by atoms with van der Waals surface area (Å²) >= 11 is 6.07. The largest absolute Gasteiger partial charge is 0.331 e. The van der Waals surface area contributed by atoms with Gasteiger partial charge in [0.25, 0.3) is 0 Å². The molecule has 6 heteroatoms. The zero-order chi connectivity index (χ0) is 16.3. The van der Waals surface area contributed by atoms with Gasteiger partial charge in [-0.15, -0.1) is 0 Å². The summed E-state index contributed by atoms with van der Waals surface area (Å²) in [6.07, 6.45) is 1.63. The summed E-state index contributed by atoms with van der Waals surface area (Å²) in [5, 5.41) is 3.56. The van der Waals surface area contributed by atoms with E-state index in [2.05, 4.69) is 5.32 Å². The Labute approximate surface area is 136 Å². The number of rotatable bonds is 2. The molecule has 1 aromatic rings. The Kier molecular flexibility index (Phi) is 5.29. The molecule has 3 amide bonds. The highest BCUT2D eigenvalue weighted by Gasteiger charge is 2.29. The van der Waals surface area contributed by atoms with E-state index in [9.17, 15) is 9.59 Å². The minimum Gasteiger partial charge on any atom is -0.331 e. The van der Waals surface area contributed by atoms with Crippen LogP contribution in [0.3, 0.4) is 0 Å². The van der Waals surface area contributed by atoms with E-state index in [0.717, 1.165) is 24.1 Å². The maximum absolute atomic E-state index is 12.5. The van der Waals surface area contributed by atoms with Gasteiger partial charge in [-0.05, 0) is 37.5 Å². The second kappa shape index (κ2) is 7.01. The van der Waals surface area contributed by atoms with Gasteiger partial charge in [-0.1, -0.05) is 17.7 Å². The van der Waals surface area contributed by atoms with Crippen LogP contribution in [-0.4, -0.2) is 48.9 Å². The molecule has 1 aliphatic rings. The van der Waals surface area contributed by atoms with E-state index in [0.29, 0.717) is 18.1 Å². The average molecular weight is 324 g/mol. The average Bonchev–Trinajstić information content (AvgIpc) is 2.51. The minimum absolute atomic E-state index is 0.0450. The smallest absolute Gasteiger partial charge is 0.319 e. The third-order valence-corrected chi connectivity index (χ3v) is 4.38. The molecule has 0 aromatic heterocycles. The molecule has 120 valence electrons. The lowest BCUT2D eigenvalue weighted by Crippen LogP contribution is -2.47. The quantitative estimate of drug-likeness (QED) is 0.909. The molecule has 22 heavy (non-hydrogen) atoms. The molecule has 1 atom stereocenters. The summed E-state index contributed by atoms with van der Waals surface area (Å²) < 4.78 is 0. The number of carbonyl (C=O) groups is 2. The van der Waals surface area contributed by atoms with Gasteiger partial charge in [-0.2, -0.15) is 0 Å². The van der Waals surface area contributed by atoms with E-state index >= 15 is 0 Å². The molecule has 1 heterocycles. The second-order valence-electron chi connectivity index (χ2n) is 5.86. The normalized spacial score (nSPS) is 18.0. The number of amides is 3. The number of benzene rings is 1. The van der Waals surface area contributed by atoms with Crippen LogP contribution in [0.2, 0.25) is 5.02 Å². The van der Waals surface area contributed by atoms with Crippen molar-refractivity contribution in [3.8, 4) is 0 Å². The standard InChI is InChI=1S/C16H22ClN3O2/c1-11-13(17)7-4-8-14(11)18-15(21)12-6-5-9-20(10-12)16(22)19(2)3/h4,7-8,12H,5-6,9-10H2,1-3H3,(H,18,21)/t12-/m0/s1. The molecular weight excluding hydrogens is 302 g/mol. The lowest BCUT2D eigenvalue weighted by atomic mass is 9.97. The van der Waals surface area contributed by atoms with Crippen molar-refractivity contribution in [2.45, 2.75) is 19.8 Å². The van der Waals surface area contributed by atoms with E-state index in [-0.39, 0.29) is 17.9 Å². The van der Waals surface area contributed by atoms with E-state index in [1.807, 2.05) is 19.1 Å². The van der Waals surface area contributed by atoms with E-state index in [1.165, 1.54) is 0 Å². The molecule has 0 aliphatic carbocycles. The first-order valence-electron chi connectivity index (χ1n) is 7.42. The monoisotopic (exact) mass is 323 g/mol. The van der Waals surface area contributed by atoms with Gasteiger partial charge in [0.05, 0.1) is 5.92 Å². The highest BCUT2D eigenvalue weighted by molar-refractivity contribution is 6.31. The van der Waals surface area contributed by atoms with Crippen molar-refractivity contribution in [3.63, 3.8) is 0 Å². The van der Waals surface area contributed by atoms with Crippen molar-refractivity contribution in [2.24, 2.45) is 5.92 Å². The fourth-order valence-corrected chi connectivity index (χ4v) is 2.80. The summed E-state index contributed by atoms with van der Waals surface area (Å²) in [4.78, 5) is 27.8. The first kappa shape index (κ1) is 16.6. The maximum atomic E-state index is 12.5. The van der Waals surface area contributed by atoms with Crippen molar-refractivity contribution in [1.82, 2.24) is 9.80 Å². The Morgan fingerprint density at radius 2 is 2.09 bits per heavy atom. The van der Waals surface area contributed by atoms with Crippen molar-refractivity contribution >= 4 is 29.2 Å². The number of hydrogen-bond donors (Lipinski definition) is 1. The van der Waals surface area contributed by atoms with Crippen LogP contribution in [0.4, 0.5) is 10.5 Å². The van der Waals surface area contributed by atoms with Crippen LogP contribution in [0, 0.1) is 12.8 Å². The highest BCUT2D eigenvalue weighted by atomic mass is 35.5. The zero-order valence-corrected chi connectivity index (χ0v) is 14.0. The number of piperidine rings is 1. The molecule has 1 aliphatic heterocycles. The summed E-state index contributed by atoms with van der Waals surface area (Å²) in [7, 11) is 3.45. The number of hydrogen-bond acceptors (Lipinski definition) is 2. The van der Waals surface area contributed by atoms with Gasteiger partial charge in [0.1, 0.15) is 0 Å². The Morgan fingerprint density at radius 1 is 1.36 bits per heavy atom. The van der Waals surface area contributed by atoms with Gasteiger partial charge in [0, 0.05) is 37.9 Å². The molecule has 2 rings (SSSR count). The summed E-state index contributed by atoms with van der Waals surface area (Å²) in [5.41, 5.74) is 1.59. The lowest BCUT2D eigenvalue weighted by Gasteiger charge is -2.33. The van der Waals surface area contributed by atoms with Gasteiger partial charge in [-0.25, -0.2) is 4.79 Å². The Morgan fingerprint density at radius 3 is 2.77 bits per heavy atom. The fraction of sp³-hybridized carbons (Fsp3) is 0.500. The van der Waals surface area contributed by atoms with Crippen LogP contribution in [0.5, 0.6) is 0 Å². The number of nitrogens with zero attached hydrogens (tertiary/aromatic N) is 2. The van der Waals surface area contributed by atoms with Gasteiger partial charge in [-0.3, -0.25) is 4.79 Å². The summed E-state index contributed by atoms with van der Waals surface area (Å²) in [6.45, 7) is 3.04. The van der Waals surface area contributed by atoms with Gasteiger partial charge < -0.3 is 15.1 Å². The lowest BCUT2D eigenvalue weighted by molar-refractivity contribution is -0.121. The fourth-order valence-electron chi connectivity index (χ4n) is 2.63. The molecule has 1 fully saturated rings. The number of nitrogens with one attached hydrogen (secondary N) is 1. The van der Waals surface area contributed by atoms with E-state index in [4.69, 9.17) is 11.6 Å². The topological polar surface area (TPSA) is 52.7 Å². The van der Waals surface area contributed by atoms with E-state index in [1.54, 1.807) is 30.0 Å². The first-order chi connectivity index (χ1) is 10.4. The second-order valence-corrected chi connectivity index (χ2v) is 6.27. The van der Waals surface area contributed by atoms with Crippen molar-refractivity contribution in [1.29, 1.82) is 0 Å². The van der Waals surface area contributed by atoms with Crippen molar-refractivity contribution < 1.29 is 9.59 Å². The van der Waals surface area contributed by atoms with Gasteiger partial charge in [0.15, 0.2) is 0 Å². The Hall–Kier alpha value is -1.75. The number of anilines is 1. The number of carbonyl (C=O) groups excluding carboxylic acids is 2. The number of urea groups is 1. The Bertz CT molecular complexity index is 575. The van der Waals surface area contributed by atoms with Crippen LogP contribution in [-0.2, 0) is 4.79 Å². The molecule has 0 spiro atoms. The molecule has 1 N–H and O–H groups in total. The predicted molar refractivity (Wildman–Crippen MR) is 88.2 cm³/mol. The summed E-state index contributed by atoms with van der Waals surface area (Å²) in [5.74, 6) is -0.238. The van der Waals surface area contributed by atoms with Crippen molar-refractivity contribution in [2.75, 3.05) is 32.5 Å². The number of halogens is 1. The van der Waals surface area contributed by atoms with Crippen LogP contribution >= 0.6 is 11.6 Å². The third kappa shape index (κ3) is 3.71. The van der Waals surface area contributed by atoms with Crippen LogP contribution in [0.25, 0.3) is 0 Å². The molecule has 1 saturated heterocycles. The molecule has 5 nitrogen and oxygen atoms in total. The first-order valence-corrected chi connectivity index (χ1v) is 7.80. The van der Waals surface area contributed by atoms with Crippen LogP contribution in [0.1, 0.15) is 18.4 Å².